The lowest BCUT2D eigenvalue weighted by Gasteiger charge is -2.17. The minimum atomic E-state index is 0.433. The molecule has 0 aliphatic carbocycles. The summed E-state index contributed by atoms with van der Waals surface area (Å²) in [4.78, 5) is 14.4. The standard InChI is InChI=1S/C19H15N5O/c20-7-15-2-1-5-23-19(15)24-10-16-3-4-18(6-17(16)11-24)25-12-14-8-21-13-22-9-14/h1-6,8-9,13H,10-12H2. The number of pyridine rings is 1. The van der Waals surface area contributed by atoms with Crippen LogP contribution in [-0.2, 0) is 19.7 Å². The van der Waals surface area contributed by atoms with E-state index in [1.54, 1.807) is 30.7 Å². The average molecular weight is 329 g/mol. The maximum atomic E-state index is 9.27. The first-order valence-corrected chi connectivity index (χ1v) is 7.92. The topological polar surface area (TPSA) is 74.9 Å². The van der Waals surface area contributed by atoms with Crippen LogP contribution in [0.3, 0.4) is 0 Å². The molecule has 0 fully saturated rings. The van der Waals surface area contributed by atoms with Crippen molar-refractivity contribution in [3.05, 3.63) is 77.5 Å². The maximum absolute atomic E-state index is 9.27. The molecular weight excluding hydrogens is 314 g/mol. The lowest BCUT2D eigenvalue weighted by Crippen LogP contribution is -2.17. The Hall–Kier alpha value is -3.46. The Kier molecular flexibility index (Phi) is 3.97. The largest absolute Gasteiger partial charge is 0.489 e. The molecule has 3 heterocycles. The third-order valence-electron chi connectivity index (χ3n) is 4.13. The summed E-state index contributed by atoms with van der Waals surface area (Å²) in [5.41, 5.74) is 3.94. The first-order chi connectivity index (χ1) is 12.3. The molecule has 6 heteroatoms. The van der Waals surface area contributed by atoms with Gasteiger partial charge in [0, 0.05) is 37.2 Å². The smallest absolute Gasteiger partial charge is 0.147 e. The predicted octanol–water partition coefficient (Wildman–Crippen LogP) is 2.84. The Bertz CT molecular complexity index is 936. The lowest BCUT2D eigenvalue weighted by atomic mass is 10.1. The van der Waals surface area contributed by atoms with Gasteiger partial charge in [-0.2, -0.15) is 5.26 Å². The highest BCUT2D eigenvalue weighted by Gasteiger charge is 2.22. The van der Waals surface area contributed by atoms with E-state index in [9.17, 15) is 5.26 Å². The van der Waals surface area contributed by atoms with Crippen LogP contribution in [0.15, 0.2) is 55.2 Å². The van der Waals surface area contributed by atoms with Gasteiger partial charge in [0.25, 0.3) is 0 Å². The fourth-order valence-corrected chi connectivity index (χ4v) is 2.92. The summed E-state index contributed by atoms with van der Waals surface area (Å²) in [5.74, 6) is 1.54. The van der Waals surface area contributed by atoms with Gasteiger partial charge in [-0.3, -0.25) is 0 Å². The van der Waals surface area contributed by atoms with Crippen molar-refractivity contribution in [2.75, 3.05) is 4.90 Å². The molecule has 2 aromatic heterocycles. The van der Waals surface area contributed by atoms with Gasteiger partial charge in [-0.05, 0) is 35.4 Å². The molecule has 0 radical (unpaired) electrons. The van der Waals surface area contributed by atoms with Crippen molar-refractivity contribution in [2.24, 2.45) is 0 Å². The maximum Gasteiger partial charge on any atom is 0.147 e. The second-order valence-corrected chi connectivity index (χ2v) is 5.81. The molecule has 25 heavy (non-hydrogen) atoms. The molecule has 0 saturated heterocycles. The Morgan fingerprint density at radius 2 is 1.96 bits per heavy atom. The molecule has 0 N–H and O–H groups in total. The van der Waals surface area contributed by atoms with Gasteiger partial charge in [0.05, 0.1) is 5.56 Å². The number of rotatable bonds is 4. The van der Waals surface area contributed by atoms with Crippen LogP contribution in [0.5, 0.6) is 5.75 Å². The molecule has 1 aromatic carbocycles. The van der Waals surface area contributed by atoms with Gasteiger partial charge in [0.15, 0.2) is 0 Å². The monoisotopic (exact) mass is 329 g/mol. The lowest BCUT2D eigenvalue weighted by molar-refractivity contribution is 0.305. The summed E-state index contributed by atoms with van der Waals surface area (Å²) in [6.07, 6.45) is 6.70. The summed E-state index contributed by atoms with van der Waals surface area (Å²) in [5, 5.41) is 9.27. The summed E-state index contributed by atoms with van der Waals surface area (Å²) in [6.45, 7) is 1.89. The van der Waals surface area contributed by atoms with Gasteiger partial charge in [-0.15, -0.1) is 0 Å². The van der Waals surface area contributed by atoms with Crippen LogP contribution < -0.4 is 9.64 Å². The average Bonchev–Trinajstić information content (AvgIpc) is 3.10. The number of aromatic nitrogens is 3. The molecule has 0 spiro atoms. The van der Waals surface area contributed by atoms with E-state index in [0.717, 1.165) is 23.7 Å². The quantitative estimate of drug-likeness (QED) is 0.733. The number of benzene rings is 1. The van der Waals surface area contributed by atoms with Crippen molar-refractivity contribution in [3.63, 3.8) is 0 Å². The van der Waals surface area contributed by atoms with Crippen molar-refractivity contribution in [2.45, 2.75) is 19.7 Å². The number of hydrogen-bond donors (Lipinski definition) is 0. The molecule has 1 aliphatic heterocycles. The number of nitrogens with zero attached hydrogens (tertiary/aromatic N) is 5. The van der Waals surface area contributed by atoms with E-state index in [4.69, 9.17) is 4.74 Å². The van der Waals surface area contributed by atoms with E-state index in [1.807, 2.05) is 12.1 Å². The molecule has 122 valence electrons. The van der Waals surface area contributed by atoms with Gasteiger partial charge >= 0.3 is 0 Å². The summed E-state index contributed by atoms with van der Waals surface area (Å²) >= 11 is 0. The van der Waals surface area contributed by atoms with Gasteiger partial charge in [0.1, 0.15) is 30.6 Å². The van der Waals surface area contributed by atoms with Crippen LogP contribution in [0.4, 0.5) is 5.82 Å². The van der Waals surface area contributed by atoms with E-state index >= 15 is 0 Å². The van der Waals surface area contributed by atoms with E-state index in [-0.39, 0.29) is 0 Å². The van der Waals surface area contributed by atoms with E-state index in [1.165, 1.54) is 17.5 Å². The molecule has 0 unspecified atom stereocenters. The third-order valence-corrected chi connectivity index (χ3v) is 4.13. The van der Waals surface area contributed by atoms with Crippen LogP contribution in [0.2, 0.25) is 0 Å². The Labute approximate surface area is 145 Å². The molecule has 0 atom stereocenters. The number of fused-ring (bicyclic) bond motifs is 1. The zero-order valence-electron chi connectivity index (χ0n) is 13.5. The normalized spacial score (nSPS) is 12.5. The zero-order chi connectivity index (χ0) is 17.1. The number of nitriles is 1. The highest BCUT2D eigenvalue weighted by molar-refractivity contribution is 5.57. The molecular formula is C19H15N5O. The van der Waals surface area contributed by atoms with E-state index in [0.29, 0.717) is 18.7 Å². The highest BCUT2D eigenvalue weighted by atomic mass is 16.5. The fraction of sp³-hybridized carbons (Fsp3) is 0.158. The molecule has 0 saturated carbocycles. The molecule has 1 aliphatic rings. The molecule has 3 aromatic rings. The van der Waals surface area contributed by atoms with Gasteiger partial charge in [-0.1, -0.05) is 6.07 Å². The van der Waals surface area contributed by atoms with E-state index < -0.39 is 0 Å². The van der Waals surface area contributed by atoms with Crippen LogP contribution in [0, 0.1) is 11.3 Å². The fourth-order valence-electron chi connectivity index (χ4n) is 2.92. The second-order valence-electron chi connectivity index (χ2n) is 5.81. The first-order valence-electron chi connectivity index (χ1n) is 7.92. The summed E-state index contributed by atoms with van der Waals surface area (Å²) in [6, 6.07) is 11.9. The number of ether oxygens (including phenoxy) is 1. The Morgan fingerprint density at radius 1 is 1.12 bits per heavy atom. The number of hydrogen-bond acceptors (Lipinski definition) is 6. The minimum Gasteiger partial charge on any atom is -0.489 e. The van der Waals surface area contributed by atoms with Gasteiger partial charge in [0.2, 0.25) is 0 Å². The second kappa shape index (κ2) is 6.57. The van der Waals surface area contributed by atoms with Crippen molar-refractivity contribution >= 4 is 5.82 Å². The SMILES string of the molecule is N#Cc1cccnc1N1Cc2ccc(OCc3cncnc3)cc2C1. The molecule has 0 bridgehead atoms. The number of anilines is 1. The summed E-state index contributed by atoms with van der Waals surface area (Å²) < 4.78 is 5.84. The first kappa shape index (κ1) is 15.1. The van der Waals surface area contributed by atoms with Crippen molar-refractivity contribution in [1.29, 1.82) is 5.26 Å². The predicted molar refractivity (Wildman–Crippen MR) is 91.6 cm³/mol. The summed E-state index contributed by atoms with van der Waals surface area (Å²) in [7, 11) is 0. The van der Waals surface area contributed by atoms with E-state index in [2.05, 4.69) is 32.0 Å². The molecule has 0 amide bonds. The van der Waals surface area contributed by atoms with Gasteiger partial charge < -0.3 is 9.64 Å². The molecule has 6 nitrogen and oxygen atoms in total. The zero-order valence-corrected chi connectivity index (χ0v) is 13.5. The van der Waals surface area contributed by atoms with Gasteiger partial charge in [-0.25, -0.2) is 15.0 Å². The van der Waals surface area contributed by atoms with Crippen molar-refractivity contribution in [1.82, 2.24) is 15.0 Å². The minimum absolute atomic E-state index is 0.433. The third kappa shape index (κ3) is 3.12. The van der Waals surface area contributed by atoms with Crippen LogP contribution >= 0.6 is 0 Å². The van der Waals surface area contributed by atoms with Crippen LogP contribution in [0.25, 0.3) is 0 Å². The van der Waals surface area contributed by atoms with Crippen LogP contribution in [-0.4, -0.2) is 15.0 Å². The Morgan fingerprint density at radius 3 is 2.80 bits per heavy atom. The highest BCUT2D eigenvalue weighted by Crippen LogP contribution is 2.31. The Balaban J connectivity index is 1.50. The van der Waals surface area contributed by atoms with Crippen molar-refractivity contribution in [3.8, 4) is 11.8 Å². The van der Waals surface area contributed by atoms with Crippen molar-refractivity contribution < 1.29 is 4.74 Å². The van der Waals surface area contributed by atoms with Crippen LogP contribution in [0.1, 0.15) is 22.3 Å². The molecule has 4 rings (SSSR count).